The van der Waals surface area contributed by atoms with Crippen LogP contribution in [0, 0.1) is 0 Å². The van der Waals surface area contributed by atoms with E-state index in [0.29, 0.717) is 16.5 Å². The number of carbonyl (C=O) groups is 3. The average Bonchev–Trinajstić information content (AvgIpc) is 3.42. The first kappa shape index (κ1) is 23.7. The number of nitrogens with zero attached hydrogens (tertiary/aromatic N) is 7. The van der Waals surface area contributed by atoms with Crippen LogP contribution < -0.4 is 11.1 Å². The van der Waals surface area contributed by atoms with Gasteiger partial charge in [-0.25, -0.2) is 14.5 Å². The second-order valence-corrected chi connectivity index (χ2v) is 9.61. The predicted octanol–water partition coefficient (Wildman–Crippen LogP) is -0.356. The first-order valence-electron chi connectivity index (χ1n) is 9.42. The van der Waals surface area contributed by atoms with E-state index in [9.17, 15) is 19.5 Å². The molecule has 2 unspecified atom stereocenters. The number of hydrogen-bond acceptors (Lipinski definition) is 13. The summed E-state index contributed by atoms with van der Waals surface area (Å²) in [5.41, 5.74) is 6.00. The summed E-state index contributed by atoms with van der Waals surface area (Å²) in [6, 6.07) is -0.936. The Kier molecular flexibility index (Phi) is 6.85. The van der Waals surface area contributed by atoms with E-state index in [1.54, 1.807) is 18.5 Å². The van der Waals surface area contributed by atoms with Gasteiger partial charge in [0.1, 0.15) is 29.9 Å². The van der Waals surface area contributed by atoms with Crippen molar-refractivity contribution in [1.29, 1.82) is 0 Å². The number of rotatable bonds is 8. The van der Waals surface area contributed by atoms with Gasteiger partial charge in [0, 0.05) is 18.2 Å². The van der Waals surface area contributed by atoms with Gasteiger partial charge in [0.05, 0.1) is 0 Å². The van der Waals surface area contributed by atoms with Gasteiger partial charge in [-0.3, -0.25) is 14.5 Å². The average molecular weight is 524 g/mol. The number of carboxylic acid groups (broad SMARTS) is 1. The van der Waals surface area contributed by atoms with Crippen LogP contribution >= 0.6 is 34.9 Å². The van der Waals surface area contributed by atoms with Crippen molar-refractivity contribution >= 4 is 63.5 Å². The molecule has 2 aliphatic heterocycles. The van der Waals surface area contributed by atoms with Crippen molar-refractivity contribution in [3.8, 4) is 0 Å². The van der Waals surface area contributed by atoms with Crippen molar-refractivity contribution in [1.82, 2.24) is 35.4 Å². The first-order chi connectivity index (χ1) is 16.3. The molecule has 4 heterocycles. The molecular weight excluding hydrogens is 506 g/mol. The molecule has 1 fully saturated rings. The van der Waals surface area contributed by atoms with Crippen molar-refractivity contribution < 1.29 is 24.3 Å². The predicted molar refractivity (Wildman–Crippen MR) is 124 cm³/mol. The summed E-state index contributed by atoms with van der Waals surface area (Å²) in [5, 5.41) is 30.5. The van der Waals surface area contributed by atoms with Gasteiger partial charge in [-0.15, -0.1) is 28.2 Å². The van der Waals surface area contributed by atoms with Gasteiger partial charge in [-0.1, -0.05) is 16.9 Å². The second kappa shape index (κ2) is 9.82. The Morgan fingerprint density at radius 3 is 2.88 bits per heavy atom. The zero-order chi connectivity index (χ0) is 24.4. The summed E-state index contributed by atoms with van der Waals surface area (Å²) in [7, 11) is 2.95. The van der Waals surface area contributed by atoms with Gasteiger partial charge in [-0.2, -0.15) is 0 Å². The monoisotopic (exact) mass is 523 g/mol. The van der Waals surface area contributed by atoms with Gasteiger partial charge in [-0.05, 0) is 27.5 Å². The van der Waals surface area contributed by atoms with E-state index in [1.165, 1.54) is 45.6 Å². The largest absolute Gasteiger partial charge is 0.477 e. The zero-order valence-corrected chi connectivity index (χ0v) is 20.1. The maximum atomic E-state index is 12.9. The molecule has 0 aliphatic carbocycles. The topological polar surface area (TPSA) is 191 Å². The Morgan fingerprint density at radius 1 is 1.47 bits per heavy atom. The molecule has 17 heteroatoms. The van der Waals surface area contributed by atoms with Gasteiger partial charge < -0.3 is 21.0 Å². The molecule has 14 nitrogen and oxygen atoms in total. The van der Waals surface area contributed by atoms with Crippen LogP contribution in [0.5, 0.6) is 0 Å². The van der Waals surface area contributed by atoms with Gasteiger partial charge in [0.2, 0.25) is 5.16 Å². The van der Waals surface area contributed by atoms with Crippen molar-refractivity contribution in [2.24, 2.45) is 12.2 Å². The van der Waals surface area contributed by atoms with Gasteiger partial charge in [0.25, 0.3) is 11.8 Å². The molecule has 178 valence electrons. The van der Waals surface area contributed by atoms with Crippen molar-refractivity contribution in [2.45, 2.75) is 16.6 Å². The highest BCUT2D eigenvalue weighted by Crippen LogP contribution is 2.41. The minimum Gasteiger partial charge on any atom is -0.477 e. The smallest absolute Gasteiger partial charge is 0.352 e. The minimum absolute atomic E-state index is 0.134. The molecule has 0 spiro atoms. The third-order valence-electron chi connectivity index (χ3n) is 4.67. The van der Waals surface area contributed by atoms with Gasteiger partial charge >= 0.3 is 5.97 Å². The number of thiazole rings is 1. The van der Waals surface area contributed by atoms with Crippen LogP contribution in [0.15, 0.2) is 38.4 Å². The number of nitrogen functional groups attached to an aromatic ring is 1. The second-order valence-electron chi connectivity index (χ2n) is 6.74. The summed E-state index contributed by atoms with van der Waals surface area (Å²) in [4.78, 5) is 47.5. The zero-order valence-electron chi connectivity index (χ0n) is 17.6. The van der Waals surface area contributed by atoms with Crippen LogP contribution in [-0.4, -0.2) is 83.0 Å². The number of aromatic nitrogens is 5. The van der Waals surface area contributed by atoms with Crippen LogP contribution in [0.1, 0.15) is 5.69 Å². The lowest BCUT2D eigenvalue weighted by atomic mass is 10.0. The number of fused-ring (bicyclic) bond motifs is 1. The lowest BCUT2D eigenvalue weighted by Crippen LogP contribution is -2.71. The Labute approximate surface area is 204 Å². The van der Waals surface area contributed by atoms with Crippen molar-refractivity contribution in [3.63, 3.8) is 0 Å². The third kappa shape index (κ3) is 4.48. The van der Waals surface area contributed by atoms with E-state index in [-0.39, 0.29) is 22.2 Å². The van der Waals surface area contributed by atoms with Crippen LogP contribution in [0.25, 0.3) is 0 Å². The molecule has 2 atom stereocenters. The number of nitrogens with two attached hydrogens (primary N) is 1. The number of allylic oxidation sites excluding steroid dienone is 1. The molecular formula is C17H17N9O5S3. The molecule has 4 N–H and O–H groups in total. The summed E-state index contributed by atoms with van der Waals surface area (Å²) in [6.07, 6.45) is 1.61. The number of carbonyl (C=O) groups excluding carboxylic acids is 2. The van der Waals surface area contributed by atoms with E-state index in [4.69, 9.17) is 10.6 Å². The number of carboxylic acids is 1. The van der Waals surface area contributed by atoms with Crippen LogP contribution in [0.4, 0.5) is 5.13 Å². The lowest BCUT2D eigenvalue weighted by molar-refractivity contribution is -0.150. The minimum atomic E-state index is -1.24. The molecule has 1 saturated heterocycles. The fourth-order valence-corrected chi connectivity index (χ4v) is 5.66. The number of aliphatic carboxylic acids is 1. The number of aryl methyl sites for hydroxylation is 1. The number of tetrazole rings is 1. The molecule has 2 aromatic heterocycles. The maximum absolute atomic E-state index is 12.9. The van der Waals surface area contributed by atoms with E-state index in [1.807, 2.05) is 0 Å². The lowest BCUT2D eigenvalue weighted by Gasteiger charge is -2.49. The molecule has 0 radical (unpaired) electrons. The number of thioether (sulfide) groups is 2. The first-order valence-corrected chi connectivity index (χ1v) is 12.2. The number of hydrogen-bond donors (Lipinski definition) is 3. The Morgan fingerprint density at radius 2 is 2.26 bits per heavy atom. The number of nitrogens with one attached hydrogen (secondary N) is 1. The van der Waals surface area contributed by atoms with Crippen molar-refractivity contribution in [2.75, 3.05) is 18.6 Å². The highest BCUT2D eigenvalue weighted by molar-refractivity contribution is 8.02. The standard InChI is InChI=1S/C17H17N9O5S3/c1-25-17(21-23-24-25)32-4-3-7-5-33-14-10(13(28)26(14)11(7)15(29)30)20-12(27)9(22-31-2)8-6-34-16(18)19-8/h3-4,6,10,14H,5H2,1-2H3,(H2,18,19)(H,20,27)(H,29,30)/b4-3+,22-9+. The Balaban J connectivity index is 1.49. The number of oxime groups is 1. The number of anilines is 1. The van der Waals surface area contributed by atoms with Gasteiger partial charge in [0.15, 0.2) is 10.8 Å². The molecule has 2 aliphatic rings. The fourth-order valence-electron chi connectivity index (χ4n) is 3.17. The molecule has 2 aromatic rings. The quantitative estimate of drug-likeness (QED) is 0.176. The molecule has 4 rings (SSSR count). The molecule has 34 heavy (non-hydrogen) atoms. The van der Waals surface area contributed by atoms with E-state index in [2.05, 4.69) is 31.0 Å². The normalized spacial score (nSPS) is 20.4. The summed E-state index contributed by atoms with van der Waals surface area (Å²) < 4.78 is 1.47. The fraction of sp³-hybridized carbons (Fsp3) is 0.294. The summed E-state index contributed by atoms with van der Waals surface area (Å²) in [6.45, 7) is 0. The Bertz CT molecular complexity index is 1240. The van der Waals surface area contributed by atoms with Crippen LogP contribution in [0.2, 0.25) is 0 Å². The highest BCUT2D eigenvalue weighted by atomic mass is 32.2. The summed E-state index contributed by atoms with van der Waals surface area (Å²) >= 11 is 3.66. The van der Waals surface area contributed by atoms with E-state index < -0.39 is 29.2 Å². The van der Waals surface area contributed by atoms with E-state index in [0.717, 1.165) is 11.3 Å². The highest BCUT2D eigenvalue weighted by Gasteiger charge is 2.54. The van der Waals surface area contributed by atoms with Crippen LogP contribution in [0.3, 0.4) is 0 Å². The van der Waals surface area contributed by atoms with E-state index >= 15 is 0 Å². The summed E-state index contributed by atoms with van der Waals surface area (Å²) in [5.74, 6) is -2.16. The van der Waals surface area contributed by atoms with Crippen molar-refractivity contribution in [3.05, 3.63) is 33.8 Å². The Hall–Kier alpha value is -3.44. The molecule has 0 aromatic carbocycles. The molecule has 0 bridgehead atoms. The molecule has 2 amide bonds. The number of β-lactam (4-membered cyclic amide) rings is 1. The SMILES string of the molecule is CO/N=C(/C(=O)NC1C(=O)N2C(C(=O)O)=C(/C=C/Sc3nnnn3C)CSC12)c1csc(N)n1. The van der Waals surface area contributed by atoms with Crippen LogP contribution in [-0.2, 0) is 26.3 Å². The third-order valence-corrected chi connectivity index (χ3v) is 7.48. The molecule has 0 saturated carbocycles. The number of amides is 2. The maximum Gasteiger partial charge on any atom is 0.352 e.